The molecule has 0 saturated heterocycles. The molecule has 0 radical (unpaired) electrons. The van der Waals surface area contributed by atoms with E-state index in [2.05, 4.69) is 31.1 Å². The van der Waals surface area contributed by atoms with Crippen LogP contribution in [0, 0.1) is 45.8 Å². The van der Waals surface area contributed by atoms with E-state index in [0.717, 1.165) is 23.7 Å². The Morgan fingerprint density at radius 2 is 2.00 bits per heavy atom. The summed E-state index contributed by atoms with van der Waals surface area (Å²) in [5.41, 5.74) is 1.82. The van der Waals surface area contributed by atoms with Crippen LogP contribution < -0.4 is 10.1 Å². The average Bonchev–Trinajstić information content (AvgIpc) is 3.34. The molecule has 0 bridgehead atoms. The third-order valence-corrected chi connectivity index (χ3v) is 12.0. The number of carbonyl (C=O) groups excluding carboxylic acids is 1. The maximum Gasteiger partial charge on any atom is 0.254 e. The highest BCUT2D eigenvalue weighted by Crippen LogP contribution is 2.82. The fourth-order valence-electron chi connectivity index (χ4n) is 10.5. The molecule has 5 heteroatoms. The first-order chi connectivity index (χ1) is 16.3. The summed E-state index contributed by atoms with van der Waals surface area (Å²) in [5, 5.41) is 2.73. The molecule has 1 aromatic heterocycles. The summed E-state index contributed by atoms with van der Waals surface area (Å²) in [6, 6.07) is 1.75. The van der Waals surface area contributed by atoms with E-state index in [4.69, 9.17) is 9.47 Å². The van der Waals surface area contributed by atoms with Gasteiger partial charge in [-0.05, 0) is 98.9 Å². The molecule has 1 N–H and O–H groups in total. The monoisotopic (exact) mass is 466 g/mol. The van der Waals surface area contributed by atoms with Gasteiger partial charge in [0.25, 0.3) is 5.91 Å². The number of hydrogen-bond acceptors (Lipinski definition) is 4. The molecule has 0 aliphatic heterocycles. The fraction of sp³-hybridized carbons (Fsp3) is 0.793. The summed E-state index contributed by atoms with van der Waals surface area (Å²) in [6.45, 7) is 7.41. The number of methoxy groups -OCH3 is 1. The zero-order chi connectivity index (χ0) is 23.9. The summed E-state index contributed by atoms with van der Waals surface area (Å²) in [6.07, 6.45) is 14.6. The van der Waals surface area contributed by atoms with Crippen LogP contribution in [0.4, 0.5) is 0 Å². The minimum atomic E-state index is -0.120. The molecule has 5 nitrogen and oxygen atoms in total. The zero-order valence-electron chi connectivity index (χ0n) is 21.6. The van der Waals surface area contributed by atoms with Gasteiger partial charge in [-0.1, -0.05) is 13.8 Å². The Kier molecular flexibility index (Phi) is 5.16. The zero-order valence-corrected chi connectivity index (χ0v) is 21.6. The molecule has 5 fully saturated rings. The largest absolute Gasteiger partial charge is 0.488 e. The Labute approximate surface area is 204 Å². The van der Waals surface area contributed by atoms with Crippen LogP contribution >= 0.6 is 0 Å². The van der Waals surface area contributed by atoms with Gasteiger partial charge in [0.15, 0.2) is 5.75 Å². The fourth-order valence-corrected chi connectivity index (χ4v) is 10.5. The number of pyridine rings is 1. The van der Waals surface area contributed by atoms with Gasteiger partial charge in [-0.3, -0.25) is 9.78 Å². The van der Waals surface area contributed by atoms with Crippen LogP contribution in [-0.4, -0.2) is 37.3 Å². The molecule has 1 amide bonds. The summed E-state index contributed by atoms with van der Waals surface area (Å²) < 4.78 is 12.8. The molecule has 5 saturated carbocycles. The van der Waals surface area contributed by atoms with Crippen molar-refractivity contribution < 1.29 is 14.3 Å². The predicted molar refractivity (Wildman–Crippen MR) is 132 cm³/mol. The molecule has 34 heavy (non-hydrogen) atoms. The molecular formula is C29H42N2O3. The normalized spacial score (nSPS) is 47.1. The van der Waals surface area contributed by atoms with Crippen LogP contribution in [-0.2, 0) is 4.74 Å². The Morgan fingerprint density at radius 3 is 2.74 bits per heavy atom. The Hall–Kier alpha value is -1.62. The van der Waals surface area contributed by atoms with E-state index in [-0.39, 0.29) is 17.4 Å². The highest BCUT2D eigenvalue weighted by Gasteiger charge is 2.77. The smallest absolute Gasteiger partial charge is 0.254 e. The van der Waals surface area contributed by atoms with Gasteiger partial charge < -0.3 is 14.8 Å². The van der Waals surface area contributed by atoms with Gasteiger partial charge in [-0.15, -0.1) is 0 Å². The van der Waals surface area contributed by atoms with Crippen molar-refractivity contribution in [3.05, 3.63) is 24.0 Å². The molecule has 2 unspecified atom stereocenters. The number of aromatic nitrogens is 1. The number of fused-ring (bicyclic) bond motifs is 4. The van der Waals surface area contributed by atoms with Crippen LogP contribution in [0.1, 0.15) is 82.5 Å². The number of amides is 1. The van der Waals surface area contributed by atoms with Crippen LogP contribution in [0.2, 0.25) is 0 Å². The summed E-state index contributed by atoms with van der Waals surface area (Å²) >= 11 is 0. The third-order valence-electron chi connectivity index (χ3n) is 12.0. The second kappa shape index (κ2) is 7.69. The summed E-state index contributed by atoms with van der Waals surface area (Å²) in [5.74, 6) is 4.29. The van der Waals surface area contributed by atoms with Gasteiger partial charge in [0.2, 0.25) is 0 Å². The first kappa shape index (κ1) is 22.8. The predicted octanol–water partition coefficient (Wildman–Crippen LogP) is 5.49. The Bertz CT molecular complexity index is 982. The van der Waals surface area contributed by atoms with E-state index < -0.39 is 0 Å². The molecule has 5 aliphatic rings. The molecule has 0 aromatic carbocycles. The molecule has 6 rings (SSSR count). The lowest BCUT2D eigenvalue weighted by atomic mass is 9.45. The summed E-state index contributed by atoms with van der Waals surface area (Å²) in [7, 11) is 3.63. The van der Waals surface area contributed by atoms with Gasteiger partial charge in [0, 0.05) is 31.7 Å². The van der Waals surface area contributed by atoms with Crippen LogP contribution in [0.25, 0.3) is 0 Å². The molecule has 1 heterocycles. The highest BCUT2D eigenvalue weighted by atomic mass is 16.5. The van der Waals surface area contributed by atoms with E-state index >= 15 is 0 Å². The first-order valence-electron chi connectivity index (χ1n) is 13.7. The lowest BCUT2D eigenvalue weighted by Gasteiger charge is -2.61. The van der Waals surface area contributed by atoms with Crippen molar-refractivity contribution in [3.63, 3.8) is 0 Å². The van der Waals surface area contributed by atoms with E-state index in [1.54, 1.807) is 25.5 Å². The minimum Gasteiger partial charge on any atom is -0.488 e. The quantitative estimate of drug-likeness (QED) is 0.623. The number of rotatable bonds is 5. The maximum atomic E-state index is 12.4. The topological polar surface area (TPSA) is 60.5 Å². The van der Waals surface area contributed by atoms with Crippen LogP contribution in [0.3, 0.4) is 0 Å². The molecule has 1 spiro atoms. The van der Waals surface area contributed by atoms with E-state index in [0.29, 0.717) is 34.2 Å². The molecule has 10 atom stereocenters. The van der Waals surface area contributed by atoms with Gasteiger partial charge in [-0.2, -0.15) is 0 Å². The Morgan fingerprint density at radius 1 is 1.18 bits per heavy atom. The maximum absolute atomic E-state index is 12.4. The van der Waals surface area contributed by atoms with E-state index in [1.807, 2.05) is 7.11 Å². The van der Waals surface area contributed by atoms with E-state index in [1.165, 1.54) is 51.4 Å². The van der Waals surface area contributed by atoms with Gasteiger partial charge >= 0.3 is 0 Å². The van der Waals surface area contributed by atoms with Crippen molar-refractivity contribution in [1.29, 1.82) is 0 Å². The first-order valence-corrected chi connectivity index (χ1v) is 13.7. The lowest BCUT2D eigenvalue weighted by Crippen LogP contribution is -2.57. The summed E-state index contributed by atoms with van der Waals surface area (Å²) in [4.78, 5) is 16.6. The standard InChI is InChI=1S/C29H42N2O3/c1-17(34-24-16-31-13-10-19(24)26(32)30-4)21-6-7-22-20-14-25(33-5)29-15-18(29)8-12-28(29,3)23(20)9-11-27(21,22)2/h10,13,16-18,20-23,25H,6-9,11-12,14-15H2,1-5H3,(H,30,32)/t17-,18+,20-,21+,22-,23-,25?,27+,28+,29?/m0/s1. The molecule has 186 valence electrons. The highest BCUT2D eigenvalue weighted by molar-refractivity contribution is 5.96. The van der Waals surface area contributed by atoms with Crippen molar-refractivity contribution in [2.24, 2.45) is 45.8 Å². The third kappa shape index (κ3) is 2.82. The van der Waals surface area contributed by atoms with Crippen molar-refractivity contribution in [3.8, 4) is 5.75 Å². The number of nitrogens with zero attached hydrogens (tertiary/aromatic N) is 1. The van der Waals surface area contributed by atoms with Gasteiger partial charge in [0.05, 0.1) is 24.0 Å². The minimum absolute atomic E-state index is 0.0576. The average molecular weight is 467 g/mol. The molecule has 5 aliphatic carbocycles. The SMILES string of the molecule is CNC(=O)c1ccncc1O[C@@H](C)[C@H]1CC[C@H]2[C@@H]3CC(OC)C45C[C@H]4CC[C@]5(C)[C@H]3CC[C@]12C. The number of ether oxygens (including phenoxy) is 2. The number of nitrogens with one attached hydrogen (secondary N) is 1. The van der Waals surface area contributed by atoms with Crippen molar-refractivity contribution in [2.75, 3.05) is 14.2 Å². The van der Waals surface area contributed by atoms with Gasteiger partial charge in [0.1, 0.15) is 0 Å². The van der Waals surface area contributed by atoms with Crippen LogP contribution in [0.5, 0.6) is 5.75 Å². The van der Waals surface area contributed by atoms with Crippen molar-refractivity contribution in [2.45, 2.75) is 84.3 Å². The molecular weight excluding hydrogens is 424 g/mol. The second-order valence-electron chi connectivity index (χ2n) is 12.7. The second-order valence-corrected chi connectivity index (χ2v) is 12.7. The van der Waals surface area contributed by atoms with E-state index in [9.17, 15) is 4.79 Å². The lowest BCUT2D eigenvalue weighted by molar-refractivity contribution is -0.162. The number of hydrogen-bond donors (Lipinski definition) is 1. The Balaban J connectivity index is 1.25. The van der Waals surface area contributed by atoms with Crippen LogP contribution in [0.15, 0.2) is 18.5 Å². The van der Waals surface area contributed by atoms with Crippen molar-refractivity contribution >= 4 is 5.91 Å². The van der Waals surface area contributed by atoms with Gasteiger partial charge in [-0.25, -0.2) is 0 Å². The number of carbonyl (C=O) groups is 1. The van der Waals surface area contributed by atoms with Crippen molar-refractivity contribution in [1.82, 2.24) is 10.3 Å². The molecule has 1 aromatic rings.